The molecule has 0 spiro atoms. The molecule has 41 heavy (non-hydrogen) atoms. The molecule has 0 aromatic heterocycles. The normalized spacial score (nSPS) is 20.8. The summed E-state index contributed by atoms with van der Waals surface area (Å²) in [4.78, 5) is 10.2. The highest BCUT2D eigenvalue weighted by Gasteiger charge is 2.26. The first-order chi connectivity index (χ1) is 16.9. The first-order valence-corrected chi connectivity index (χ1v) is 15.9. The maximum Gasteiger partial charge on any atom is 0.0125 e. The maximum absolute atomic E-state index is 2.58. The lowest BCUT2D eigenvalue weighted by atomic mass is 10.0. The molecule has 0 saturated carbocycles. The van der Waals surface area contributed by atoms with Crippen molar-refractivity contribution in [1.82, 2.24) is 19.6 Å². The van der Waals surface area contributed by atoms with Crippen LogP contribution in [0.5, 0.6) is 0 Å². The molecule has 0 bridgehead atoms. The summed E-state index contributed by atoms with van der Waals surface area (Å²) >= 11 is 0. The van der Waals surface area contributed by atoms with Crippen LogP contribution in [-0.4, -0.2) is 94.1 Å². The standard InChI is InChI=1S/2C9H19N.C8H17N.C7H15N.4CH4/c2*1-9(2,3)10-7-5-4-6-8-10;1-8(2,3)9-6-4-5-7-9;1-7(2,3)8-5-4-6-8;;;;/h2*4-8H2,1-3H3;4-7H2,1-3H3;4-6H2,1-3H3;4*1H4. The van der Waals surface area contributed by atoms with E-state index in [4.69, 9.17) is 0 Å². The summed E-state index contributed by atoms with van der Waals surface area (Å²) in [6, 6.07) is 0. The molecule has 0 atom stereocenters. The van der Waals surface area contributed by atoms with E-state index in [-0.39, 0.29) is 29.7 Å². The lowest BCUT2D eigenvalue weighted by Gasteiger charge is -2.42. The van der Waals surface area contributed by atoms with Crippen LogP contribution in [0.15, 0.2) is 0 Å². The lowest BCUT2D eigenvalue weighted by Crippen LogP contribution is -2.49. The maximum atomic E-state index is 2.58. The number of nitrogens with zero attached hydrogens (tertiary/aromatic N) is 4. The zero-order valence-corrected chi connectivity index (χ0v) is 27.8. The fourth-order valence-corrected chi connectivity index (χ4v) is 5.50. The summed E-state index contributed by atoms with van der Waals surface area (Å²) in [6.07, 6.45) is 12.7. The van der Waals surface area contributed by atoms with Gasteiger partial charge in [-0.2, -0.15) is 0 Å². The summed E-state index contributed by atoms with van der Waals surface area (Å²) < 4.78 is 0. The number of hydrogen-bond acceptors (Lipinski definition) is 4. The fraction of sp³-hybridized carbons (Fsp3) is 1.00. The van der Waals surface area contributed by atoms with Gasteiger partial charge in [-0.1, -0.05) is 42.5 Å². The second-order valence-corrected chi connectivity index (χ2v) is 15.8. The Balaban J connectivity index is -0.000000216. The highest BCUT2D eigenvalue weighted by molar-refractivity contribution is 4.82. The first kappa shape index (κ1) is 47.8. The van der Waals surface area contributed by atoms with Crippen LogP contribution in [0.25, 0.3) is 0 Å². The number of hydrogen-bond donors (Lipinski definition) is 0. The van der Waals surface area contributed by atoms with E-state index in [9.17, 15) is 0 Å². The molecule has 0 unspecified atom stereocenters. The van der Waals surface area contributed by atoms with Crippen molar-refractivity contribution < 1.29 is 0 Å². The van der Waals surface area contributed by atoms with Crippen LogP contribution >= 0.6 is 0 Å². The average molecular weight is 587 g/mol. The molecule has 0 aromatic carbocycles. The van der Waals surface area contributed by atoms with E-state index < -0.39 is 0 Å². The second-order valence-electron chi connectivity index (χ2n) is 15.8. The van der Waals surface area contributed by atoms with Gasteiger partial charge in [0.2, 0.25) is 0 Å². The van der Waals surface area contributed by atoms with Gasteiger partial charge in [-0.3, -0.25) is 19.6 Å². The third kappa shape index (κ3) is 20.4. The van der Waals surface area contributed by atoms with E-state index in [1.54, 1.807) is 0 Å². The second kappa shape index (κ2) is 21.5. The highest BCUT2D eigenvalue weighted by atomic mass is 15.2. The molecule has 4 saturated heterocycles. The highest BCUT2D eigenvalue weighted by Crippen LogP contribution is 2.21. The zero-order valence-electron chi connectivity index (χ0n) is 27.8. The average Bonchev–Trinajstić information content (AvgIpc) is 3.29. The molecule has 4 fully saturated rings. The third-order valence-corrected chi connectivity index (χ3v) is 8.47. The minimum absolute atomic E-state index is 0. The molecule has 4 heteroatoms. The van der Waals surface area contributed by atoms with E-state index in [1.807, 2.05) is 0 Å². The molecule has 4 aliphatic rings. The summed E-state index contributed by atoms with van der Waals surface area (Å²) in [7, 11) is 0. The molecule has 4 heterocycles. The van der Waals surface area contributed by atoms with Crippen molar-refractivity contribution in [1.29, 1.82) is 0 Å². The topological polar surface area (TPSA) is 13.0 Å². The van der Waals surface area contributed by atoms with E-state index >= 15 is 0 Å². The van der Waals surface area contributed by atoms with Crippen molar-refractivity contribution in [3.63, 3.8) is 0 Å². The summed E-state index contributed by atoms with van der Waals surface area (Å²) in [5, 5.41) is 0. The van der Waals surface area contributed by atoms with Crippen molar-refractivity contribution in [3.05, 3.63) is 0 Å². The first-order valence-electron chi connectivity index (χ1n) is 15.9. The molecule has 254 valence electrons. The quantitative estimate of drug-likeness (QED) is 0.280. The van der Waals surface area contributed by atoms with Crippen LogP contribution in [0.4, 0.5) is 0 Å². The van der Waals surface area contributed by atoms with Gasteiger partial charge in [0.05, 0.1) is 0 Å². The minimum atomic E-state index is 0. The predicted molar refractivity (Wildman–Crippen MR) is 194 cm³/mol. The van der Waals surface area contributed by atoms with Crippen LogP contribution in [0, 0.1) is 0 Å². The summed E-state index contributed by atoms with van der Waals surface area (Å²) in [6.45, 7) is 38.0. The monoisotopic (exact) mass is 587 g/mol. The Morgan fingerprint density at radius 2 is 0.390 bits per heavy atom. The molecule has 4 aliphatic heterocycles. The van der Waals surface area contributed by atoms with Gasteiger partial charge in [0.1, 0.15) is 0 Å². The van der Waals surface area contributed by atoms with Gasteiger partial charge in [0.25, 0.3) is 0 Å². The van der Waals surface area contributed by atoms with Crippen molar-refractivity contribution in [2.75, 3.05) is 52.4 Å². The van der Waals surface area contributed by atoms with Gasteiger partial charge in [0.15, 0.2) is 0 Å². The molecule has 4 rings (SSSR count). The van der Waals surface area contributed by atoms with Crippen molar-refractivity contribution >= 4 is 0 Å². The van der Waals surface area contributed by atoms with Gasteiger partial charge in [-0.15, -0.1) is 0 Å². The molecule has 4 nitrogen and oxygen atoms in total. The largest absolute Gasteiger partial charge is 0.298 e. The summed E-state index contributed by atoms with van der Waals surface area (Å²) in [5.41, 5.74) is 1.65. The molecular formula is C37H86N4. The minimum Gasteiger partial charge on any atom is -0.298 e. The van der Waals surface area contributed by atoms with E-state index in [1.165, 1.54) is 110 Å². The van der Waals surface area contributed by atoms with Crippen molar-refractivity contribution in [2.24, 2.45) is 0 Å². The molecule has 0 radical (unpaired) electrons. The zero-order chi connectivity index (χ0) is 28.3. The number of rotatable bonds is 0. The van der Waals surface area contributed by atoms with Crippen molar-refractivity contribution in [3.8, 4) is 0 Å². The van der Waals surface area contributed by atoms with Gasteiger partial charge in [0, 0.05) is 22.2 Å². The van der Waals surface area contributed by atoms with Crippen LogP contribution < -0.4 is 0 Å². The Kier molecular flexibility index (Phi) is 25.1. The Bertz CT molecular complexity index is 538. The smallest absolute Gasteiger partial charge is 0.0125 e. The van der Waals surface area contributed by atoms with Crippen LogP contribution in [0.1, 0.15) is 171 Å². The Labute approximate surface area is 264 Å². The van der Waals surface area contributed by atoms with Gasteiger partial charge < -0.3 is 0 Å². The number of piperidine rings is 2. The SMILES string of the molecule is C.C.C.C.CC(C)(C)N1CCC1.CC(C)(C)N1CCCC1.CC(C)(C)N1CCCCC1.CC(C)(C)N1CCCCC1. The van der Waals surface area contributed by atoms with Crippen LogP contribution in [0.2, 0.25) is 0 Å². The fourth-order valence-electron chi connectivity index (χ4n) is 5.50. The summed E-state index contributed by atoms with van der Waals surface area (Å²) in [5.74, 6) is 0. The third-order valence-electron chi connectivity index (χ3n) is 8.47. The Hall–Kier alpha value is -0.160. The molecule has 0 N–H and O–H groups in total. The van der Waals surface area contributed by atoms with Crippen LogP contribution in [-0.2, 0) is 0 Å². The lowest BCUT2D eigenvalue weighted by molar-refractivity contribution is 0.0690. The van der Waals surface area contributed by atoms with Crippen LogP contribution in [0.3, 0.4) is 0 Å². The van der Waals surface area contributed by atoms with Gasteiger partial charge in [-0.25, -0.2) is 0 Å². The molecule has 0 aromatic rings. The number of likely N-dealkylation sites (tertiary alicyclic amines) is 4. The van der Waals surface area contributed by atoms with Crippen molar-refractivity contribution in [2.45, 2.75) is 193 Å². The molecular weight excluding hydrogens is 500 g/mol. The van der Waals surface area contributed by atoms with E-state index in [0.717, 1.165) is 0 Å². The predicted octanol–water partition coefficient (Wildman–Crippen LogP) is 10.5. The van der Waals surface area contributed by atoms with Gasteiger partial charge in [-0.05, 0) is 180 Å². The molecule has 0 aliphatic carbocycles. The Morgan fingerprint density at radius 1 is 0.244 bits per heavy atom. The Morgan fingerprint density at radius 3 is 0.488 bits per heavy atom. The van der Waals surface area contributed by atoms with E-state index in [0.29, 0.717) is 22.2 Å². The molecule has 0 amide bonds. The van der Waals surface area contributed by atoms with Gasteiger partial charge >= 0.3 is 0 Å². The van der Waals surface area contributed by atoms with E-state index in [2.05, 4.69) is 103 Å².